The summed E-state index contributed by atoms with van der Waals surface area (Å²) in [7, 11) is 0. The molecule has 0 rings (SSSR count). The molecule has 0 radical (unpaired) electrons. The minimum absolute atomic E-state index is 0.263. The van der Waals surface area contributed by atoms with E-state index in [0.717, 1.165) is 0 Å². The van der Waals surface area contributed by atoms with Crippen LogP contribution < -0.4 is 0 Å². The van der Waals surface area contributed by atoms with Crippen molar-refractivity contribution in [3.8, 4) is 0 Å². The molecule has 0 aliphatic rings. The number of hydrogen-bond acceptors (Lipinski definition) is 1. The average molecular weight is 200 g/mol. The molecule has 1 nitrogen and oxygen atoms in total. The van der Waals surface area contributed by atoms with Crippen molar-refractivity contribution in [2.45, 2.75) is 66.2 Å². The van der Waals surface area contributed by atoms with Gasteiger partial charge in [0, 0.05) is 6.61 Å². The molecule has 0 aromatic carbocycles. The summed E-state index contributed by atoms with van der Waals surface area (Å²) in [5, 5.41) is 9.26. The molecule has 0 aromatic heterocycles. The average Bonchev–Trinajstić information content (AvgIpc) is 2.09. The summed E-state index contributed by atoms with van der Waals surface area (Å²) in [6.07, 6.45) is 7.83. The first-order valence-corrected chi connectivity index (χ1v) is 6.13. The second-order valence-corrected chi connectivity index (χ2v) is 5.45. The first-order chi connectivity index (χ1) is 6.52. The van der Waals surface area contributed by atoms with E-state index in [9.17, 15) is 5.11 Å². The van der Waals surface area contributed by atoms with Crippen LogP contribution in [0.5, 0.6) is 0 Å². The molecule has 0 saturated heterocycles. The SMILES string of the molecule is CCCCCCCC(CO)C(C)(C)C. The van der Waals surface area contributed by atoms with Gasteiger partial charge in [0.25, 0.3) is 0 Å². The van der Waals surface area contributed by atoms with Gasteiger partial charge in [-0.25, -0.2) is 0 Å². The molecule has 0 spiro atoms. The van der Waals surface area contributed by atoms with Crippen LogP contribution in [-0.2, 0) is 0 Å². The van der Waals surface area contributed by atoms with Gasteiger partial charge in [-0.05, 0) is 17.8 Å². The van der Waals surface area contributed by atoms with Gasteiger partial charge in [-0.1, -0.05) is 59.8 Å². The monoisotopic (exact) mass is 200 g/mol. The maximum absolute atomic E-state index is 9.26. The third-order valence-electron chi connectivity index (χ3n) is 3.10. The van der Waals surface area contributed by atoms with Crippen LogP contribution in [-0.4, -0.2) is 11.7 Å². The lowest BCUT2D eigenvalue weighted by molar-refractivity contribution is 0.120. The number of aliphatic hydroxyl groups is 1. The van der Waals surface area contributed by atoms with E-state index < -0.39 is 0 Å². The molecule has 0 aliphatic carbocycles. The lowest BCUT2D eigenvalue weighted by Crippen LogP contribution is -2.23. The Hall–Kier alpha value is -0.0400. The summed E-state index contributed by atoms with van der Waals surface area (Å²) in [6, 6.07) is 0. The Morgan fingerprint density at radius 3 is 2.00 bits per heavy atom. The fraction of sp³-hybridized carbons (Fsp3) is 1.00. The third-order valence-corrected chi connectivity index (χ3v) is 3.10. The third kappa shape index (κ3) is 6.42. The van der Waals surface area contributed by atoms with E-state index in [1.165, 1.54) is 38.5 Å². The number of aliphatic hydroxyl groups excluding tert-OH is 1. The molecular formula is C13H28O. The molecular weight excluding hydrogens is 172 g/mol. The van der Waals surface area contributed by atoms with Crippen LogP contribution in [0.15, 0.2) is 0 Å². The van der Waals surface area contributed by atoms with Crippen LogP contribution in [0.1, 0.15) is 66.2 Å². The Kier molecular flexibility index (Phi) is 7.26. The van der Waals surface area contributed by atoms with Crippen molar-refractivity contribution in [1.29, 1.82) is 0 Å². The van der Waals surface area contributed by atoms with E-state index in [2.05, 4.69) is 27.7 Å². The summed E-state index contributed by atoms with van der Waals surface area (Å²) in [6.45, 7) is 9.25. The molecule has 0 saturated carbocycles. The number of hydrogen-bond donors (Lipinski definition) is 1. The lowest BCUT2D eigenvalue weighted by atomic mass is 9.78. The molecule has 1 heteroatoms. The van der Waals surface area contributed by atoms with Crippen molar-refractivity contribution in [2.24, 2.45) is 11.3 Å². The molecule has 0 bridgehead atoms. The molecule has 1 N–H and O–H groups in total. The van der Waals surface area contributed by atoms with Crippen molar-refractivity contribution in [3.05, 3.63) is 0 Å². The lowest BCUT2D eigenvalue weighted by Gasteiger charge is -2.29. The van der Waals surface area contributed by atoms with Crippen molar-refractivity contribution in [2.75, 3.05) is 6.61 Å². The fourth-order valence-corrected chi connectivity index (χ4v) is 1.79. The van der Waals surface area contributed by atoms with Gasteiger partial charge in [0.15, 0.2) is 0 Å². The number of rotatable bonds is 7. The first kappa shape index (κ1) is 14.0. The highest BCUT2D eigenvalue weighted by atomic mass is 16.3. The minimum Gasteiger partial charge on any atom is -0.396 e. The number of unbranched alkanes of at least 4 members (excludes halogenated alkanes) is 4. The van der Waals surface area contributed by atoms with Crippen LogP contribution in [0.4, 0.5) is 0 Å². The zero-order valence-corrected chi connectivity index (χ0v) is 10.5. The van der Waals surface area contributed by atoms with Crippen molar-refractivity contribution in [1.82, 2.24) is 0 Å². The predicted molar refractivity (Wildman–Crippen MR) is 63.4 cm³/mol. The topological polar surface area (TPSA) is 20.2 Å². The second kappa shape index (κ2) is 7.28. The molecule has 0 aromatic rings. The zero-order valence-electron chi connectivity index (χ0n) is 10.5. The highest BCUT2D eigenvalue weighted by molar-refractivity contribution is 4.73. The molecule has 86 valence electrons. The van der Waals surface area contributed by atoms with Gasteiger partial charge >= 0.3 is 0 Å². The Morgan fingerprint density at radius 1 is 1.00 bits per heavy atom. The first-order valence-electron chi connectivity index (χ1n) is 6.13. The molecule has 0 heterocycles. The van der Waals surface area contributed by atoms with E-state index >= 15 is 0 Å². The van der Waals surface area contributed by atoms with E-state index in [1.54, 1.807) is 0 Å². The van der Waals surface area contributed by atoms with Crippen molar-refractivity contribution >= 4 is 0 Å². The highest BCUT2D eigenvalue weighted by Crippen LogP contribution is 2.29. The summed E-state index contributed by atoms with van der Waals surface area (Å²) >= 11 is 0. The van der Waals surface area contributed by atoms with E-state index in [1.807, 2.05) is 0 Å². The Labute approximate surface area is 89.9 Å². The molecule has 14 heavy (non-hydrogen) atoms. The van der Waals surface area contributed by atoms with Gasteiger partial charge in [0.1, 0.15) is 0 Å². The van der Waals surface area contributed by atoms with Crippen LogP contribution >= 0.6 is 0 Å². The van der Waals surface area contributed by atoms with Gasteiger partial charge in [-0.3, -0.25) is 0 Å². The quantitative estimate of drug-likeness (QED) is 0.616. The summed E-state index contributed by atoms with van der Waals surface area (Å²) in [4.78, 5) is 0. The van der Waals surface area contributed by atoms with Crippen LogP contribution in [0, 0.1) is 11.3 Å². The maximum Gasteiger partial charge on any atom is 0.0464 e. The standard InChI is InChI=1S/C13H28O/c1-5-6-7-8-9-10-12(11-14)13(2,3)4/h12,14H,5-11H2,1-4H3. The van der Waals surface area contributed by atoms with Crippen molar-refractivity contribution < 1.29 is 5.11 Å². The fourth-order valence-electron chi connectivity index (χ4n) is 1.79. The van der Waals surface area contributed by atoms with Gasteiger partial charge in [0.2, 0.25) is 0 Å². The summed E-state index contributed by atoms with van der Waals surface area (Å²) in [5.74, 6) is 0.476. The predicted octanol–water partition coefficient (Wildman–Crippen LogP) is 4.00. The van der Waals surface area contributed by atoms with E-state index in [-0.39, 0.29) is 5.41 Å². The largest absolute Gasteiger partial charge is 0.396 e. The minimum atomic E-state index is 0.263. The van der Waals surface area contributed by atoms with E-state index in [0.29, 0.717) is 12.5 Å². The second-order valence-electron chi connectivity index (χ2n) is 5.45. The highest BCUT2D eigenvalue weighted by Gasteiger charge is 2.22. The molecule has 0 aliphatic heterocycles. The maximum atomic E-state index is 9.26. The molecule has 1 atom stereocenters. The zero-order chi connectivity index (χ0) is 11.0. The smallest absolute Gasteiger partial charge is 0.0464 e. The Morgan fingerprint density at radius 2 is 1.57 bits per heavy atom. The molecule has 0 fully saturated rings. The van der Waals surface area contributed by atoms with Crippen LogP contribution in [0.3, 0.4) is 0 Å². The normalized spacial score (nSPS) is 14.4. The molecule has 0 amide bonds. The van der Waals surface area contributed by atoms with Crippen LogP contribution in [0.25, 0.3) is 0 Å². The van der Waals surface area contributed by atoms with Crippen LogP contribution in [0.2, 0.25) is 0 Å². The van der Waals surface area contributed by atoms with Gasteiger partial charge < -0.3 is 5.11 Å². The van der Waals surface area contributed by atoms with E-state index in [4.69, 9.17) is 0 Å². The van der Waals surface area contributed by atoms with Crippen molar-refractivity contribution in [3.63, 3.8) is 0 Å². The molecule has 1 unspecified atom stereocenters. The Balaban J connectivity index is 3.54. The van der Waals surface area contributed by atoms with Gasteiger partial charge in [0.05, 0.1) is 0 Å². The Bertz CT molecular complexity index is 124. The summed E-state index contributed by atoms with van der Waals surface area (Å²) < 4.78 is 0. The van der Waals surface area contributed by atoms with Gasteiger partial charge in [-0.15, -0.1) is 0 Å². The van der Waals surface area contributed by atoms with Gasteiger partial charge in [-0.2, -0.15) is 0 Å². The summed E-state index contributed by atoms with van der Waals surface area (Å²) in [5.41, 5.74) is 0.263.